The van der Waals surface area contributed by atoms with Crippen molar-refractivity contribution in [2.24, 2.45) is 11.3 Å². The number of hydrogen-bond donors (Lipinski definition) is 1. The van der Waals surface area contributed by atoms with E-state index >= 15 is 0 Å². The Morgan fingerprint density at radius 1 is 1.35 bits per heavy atom. The maximum absolute atomic E-state index is 12.8. The van der Waals surface area contributed by atoms with Crippen LogP contribution in [0, 0.1) is 11.3 Å². The quantitative estimate of drug-likeness (QED) is 0.802. The predicted octanol–water partition coefficient (Wildman–Crippen LogP) is 2.09. The first-order valence-corrected chi connectivity index (χ1v) is 8.42. The summed E-state index contributed by atoms with van der Waals surface area (Å²) < 4.78 is 5.34. The highest BCUT2D eigenvalue weighted by molar-refractivity contribution is 5.91. The molecule has 3 rings (SSSR count). The number of amides is 1. The molecule has 0 radical (unpaired) electrons. The fourth-order valence-corrected chi connectivity index (χ4v) is 4.50. The summed E-state index contributed by atoms with van der Waals surface area (Å²) in [7, 11) is 0. The van der Waals surface area contributed by atoms with Crippen molar-refractivity contribution in [1.82, 2.24) is 4.90 Å². The minimum absolute atomic E-state index is 0.138. The van der Waals surface area contributed by atoms with Crippen molar-refractivity contribution in [1.29, 1.82) is 0 Å². The van der Waals surface area contributed by atoms with Crippen molar-refractivity contribution < 1.29 is 24.2 Å². The van der Waals surface area contributed by atoms with Crippen LogP contribution in [0.25, 0.3) is 0 Å². The second kappa shape index (κ2) is 5.98. The Kier molecular flexibility index (Phi) is 4.17. The van der Waals surface area contributed by atoms with Crippen molar-refractivity contribution in [2.45, 2.75) is 51.9 Å². The van der Waals surface area contributed by atoms with E-state index in [1.807, 2.05) is 0 Å². The predicted molar refractivity (Wildman–Crippen MR) is 81.2 cm³/mol. The normalized spacial score (nSPS) is 30.0. The van der Waals surface area contributed by atoms with E-state index < -0.39 is 17.3 Å². The largest absolute Gasteiger partial charge is 0.481 e. The molecule has 2 aliphatic heterocycles. The molecule has 0 unspecified atom stereocenters. The average molecular weight is 321 g/mol. The van der Waals surface area contributed by atoms with Crippen molar-refractivity contribution in [3.05, 3.63) is 11.3 Å². The van der Waals surface area contributed by atoms with Crippen molar-refractivity contribution in [3.8, 4) is 0 Å². The topological polar surface area (TPSA) is 83.9 Å². The summed E-state index contributed by atoms with van der Waals surface area (Å²) in [6.45, 7) is 2.64. The zero-order chi connectivity index (χ0) is 16.6. The van der Waals surface area contributed by atoms with Crippen molar-refractivity contribution in [3.63, 3.8) is 0 Å². The highest BCUT2D eigenvalue weighted by atomic mass is 16.5. The van der Waals surface area contributed by atoms with Gasteiger partial charge in [0, 0.05) is 12.2 Å². The lowest BCUT2D eigenvalue weighted by molar-refractivity contribution is -0.164. The molecule has 1 saturated heterocycles. The lowest BCUT2D eigenvalue weighted by Gasteiger charge is -2.51. The van der Waals surface area contributed by atoms with E-state index in [2.05, 4.69) is 0 Å². The summed E-state index contributed by atoms with van der Waals surface area (Å²) >= 11 is 0. The third-order valence-electron chi connectivity index (χ3n) is 5.30. The average Bonchev–Trinajstić information content (AvgIpc) is 2.52. The number of hydrogen-bond acceptors (Lipinski definition) is 4. The van der Waals surface area contributed by atoms with Gasteiger partial charge in [0.1, 0.15) is 5.41 Å². The fraction of sp³-hybridized carbons (Fsp3) is 0.706. The van der Waals surface area contributed by atoms with Crippen molar-refractivity contribution in [2.75, 3.05) is 13.2 Å². The number of carboxylic acid groups (broad SMARTS) is 1. The number of nitrogens with zero attached hydrogens (tertiary/aromatic N) is 1. The number of rotatable bonds is 4. The Balaban J connectivity index is 2.06. The van der Waals surface area contributed by atoms with Gasteiger partial charge in [-0.15, -0.1) is 0 Å². The van der Waals surface area contributed by atoms with Gasteiger partial charge in [-0.25, -0.2) is 0 Å². The van der Waals surface area contributed by atoms with Crippen LogP contribution in [-0.4, -0.2) is 41.0 Å². The molecule has 6 heteroatoms. The molecule has 23 heavy (non-hydrogen) atoms. The first kappa shape index (κ1) is 16.0. The molecule has 1 aliphatic carbocycles. The molecule has 1 fully saturated rings. The number of piperidine rings is 1. The fourth-order valence-electron chi connectivity index (χ4n) is 4.50. The molecule has 2 atom stereocenters. The SMILES string of the molecule is CCOC(=O)[C@]12CCCC3=C1N(CCC3)C(=O)[C@@H](CC(=O)O)C2. The summed E-state index contributed by atoms with van der Waals surface area (Å²) in [5.74, 6) is -2.07. The van der Waals surface area contributed by atoms with Crippen molar-refractivity contribution >= 4 is 17.8 Å². The third-order valence-corrected chi connectivity index (χ3v) is 5.30. The van der Waals surface area contributed by atoms with Crippen LogP contribution in [0.1, 0.15) is 51.9 Å². The van der Waals surface area contributed by atoms with Gasteiger partial charge in [-0.05, 0) is 51.0 Å². The third kappa shape index (κ3) is 2.54. The molecule has 0 aromatic rings. The van der Waals surface area contributed by atoms with Gasteiger partial charge in [0.2, 0.25) is 5.91 Å². The molecule has 6 nitrogen and oxygen atoms in total. The molecule has 1 N–H and O–H groups in total. The number of esters is 1. The highest BCUT2D eigenvalue weighted by Crippen LogP contribution is 2.54. The van der Waals surface area contributed by atoms with E-state index in [0.717, 1.165) is 31.4 Å². The van der Waals surface area contributed by atoms with Crippen LogP contribution < -0.4 is 0 Å². The Morgan fingerprint density at radius 2 is 2.09 bits per heavy atom. The van der Waals surface area contributed by atoms with Gasteiger partial charge in [0.25, 0.3) is 0 Å². The monoisotopic (exact) mass is 321 g/mol. The lowest BCUT2D eigenvalue weighted by Crippen LogP contribution is -2.56. The summed E-state index contributed by atoms with van der Waals surface area (Å²) in [5, 5.41) is 9.13. The van der Waals surface area contributed by atoms with Crippen LogP contribution in [0.5, 0.6) is 0 Å². The van der Waals surface area contributed by atoms with E-state index in [1.54, 1.807) is 11.8 Å². The van der Waals surface area contributed by atoms with Gasteiger partial charge in [-0.1, -0.05) is 0 Å². The van der Waals surface area contributed by atoms with Crippen LogP contribution in [0.2, 0.25) is 0 Å². The second-order valence-corrected chi connectivity index (χ2v) is 6.70. The number of allylic oxidation sites excluding steroid dienone is 1. The maximum atomic E-state index is 12.8. The molecular weight excluding hydrogens is 298 g/mol. The summed E-state index contributed by atoms with van der Waals surface area (Å²) in [5.41, 5.74) is 1.22. The van der Waals surface area contributed by atoms with E-state index in [1.165, 1.54) is 5.57 Å². The first-order valence-electron chi connectivity index (χ1n) is 8.42. The van der Waals surface area contributed by atoms with Gasteiger partial charge in [0.05, 0.1) is 18.9 Å². The molecule has 0 saturated carbocycles. The van der Waals surface area contributed by atoms with E-state index in [-0.39, 0.29) is 24.7 Å². The first-order chi connectivity index (χ1) is 11.0. The number of carbonyl (C=O) groups is 3. The van der Waals surface area contributed by atoms with Crippen LogP contribution in [0.3, 0.4) is 0 Å². The standard InChI is InChI=1S/C17H23NO5/c1-2-23-16(22)17-7-3-5-11-6-4-8-18(14(11)17)15(21)12(10-17)9-13(19)20/h12H,2-10H2,1H3,(H,19,20)/t12-,17-/m0/s1. The van der Waals surface area contributed by atoms with E-state index in [0.29, 0.717) is 19.6 Å². The number of ether oxygens (including phenoxy) is 1. The van der Waals surface area contributed by atoms with E-state index in [9.17, 15) is 14.4 Å². The van der Waals surface area contributed by atoms with Crippen LogP contribution >= 0.6 is 0 Å². The van der Waals surface area contributed by atoms with Gasteiger partial charge < -0.3 is 14.7 Å². The Morgan fingerprint density at radius 3 is 2.78 bits per heavy atom. The number of carboxylic acids is 1. The molecule has 3 aliphatic rings. The molecule has 2 heterocycles. The molecule has 0 aromatic carbocycles. The minimum Gasteiger partial charge on any atom is -0.481 e. The van der Waals surface area contributed by atoms with Gasteiger partial charge in [-0.3, -0.25) is 14.4 Å². The minimum atomic E-state index is -0.997. The molecule has 126 valence electrons. The van der Waals surface area contributed by atoms with Gasteiger partial charge in [-0.2, -0.15) is 0 Å². The Bertz CT molecular complexity index is 578. The van der Waals surface area contributed by atoms with E-state index in [4.69, 9.17) is 9.84 Å². The zero-order valence-electron chi connectivity index (χ0n) is 13.5. The summed E-state index contributed by atoms with van der Waals surface area (Å²) in [6.07, 6.45) is 4.30. The molecule has 0 spiro atoms. The lowest BCUT2D eigenvalue weighted by atomic mass is 9.63. The highest BCUT2D eigenvalue weighted by Gasteiger charge is 2.56. The van der Waals surface area contributed by atoms with Gasteiger partial charge >= 0.3 is 11.9 Å². The van der Waals surface area contributed by atoms with Crippen LogP contribution in [0.15, 0.2) is 11.3 Å². The zero-order valence-corrected chi connectivity index (χ0v) is 13.5. The van der Waals surface area contributed by atoms with Gasteiger partial charge in [0.15, 0.2) is 0 Å². The number of aliphatic carboxylic acids is 1. The molecule has 0 bridgehead atoms. The maximum Gasteiger partial charge on any atom is 0.318 e. The van der Waals surface area contributed by atoms with Crippen LogP contribution in [-0.2, 0) is 19.1 Å². The van der Waals surface area contributed by atoms with Crippen LogP contribution in [0.4, 0.5) is 0 Å². The Hall–Kier alpha value is -1.85. The number of carbonyl (C=O) groups excluding carboxylic acids is 2. The molecule has 0 aromatic heterocycles. The molecule has 1 amide bonds. The summed E-state index contributed by atoms with van der Waals surface area (Å²) in [6, 6.07) is 0. The molecular formula is C17H23NO5. The Labute approximate surface area is 135 Å². The smallest absolute Gasteiger partial charge is 0.318 e. The summed E-state index contributed by atoms with van der Waals surface area (Å²) in [4.78, 5) is 38.4. The second-order valence-electron chi connectivity index (χ2n) is 6.70.